The third-order valence-corrected chi connectivity index (χ3v) is 5.29. The van der Waals surface area contributed by atoms with Crippen LogP contribution in [0.2, 0.25) is 0 Å². The van der Waals surface area contributed by atoms with E-state index in [4.69, 9.17) is 5.73 Å². The molecule has 0 unspecified atom stereocenters. The molecule has 0 spiro atoms. The normalized spacial score (nSPS) is 12.6. The van der Waals surface area contributed by atoms with Crippen LogP contribution >= 0.6 is 15.9 Å². The molecule has 1 aromatic carbocycles. The van der Waals surface area contributed by atoms with Crippen molar-refractivity contribution in [1.82, 2.24) is 4.31 Å². The summed E-state index contributed by atoms with van der Waals surface area (Å²) in [6.07, 6.45) is 0. The zero-order valence-corrected chi connectivity index (χ0v) is 14.8. The molecule has 0 heterocycles. The van der Waals surface area contributed by atoms with Gasteiger partial charge in [0.15, 0.2) is 0 Å². The second-order valence-electron chi connectivity index (χ2n) is 5.79. The van der Waals surface area contributed by atoms with E-state index in [1.807, 2.05) is 27.7 Å². The molecule has 2 N–H and O–H groups in total. The van der Waals surface area contributed by atoms with E-state index in [1.54, 1.807) is 16.4 Å². The van der Waals surface area contributed by atoms with Crippen molar-refractivity contribution < 1.29 is 8.42 Å². The first-order chi connectivity index (χ1) is 9.14. The maximum Gasteiger partial charge on any atom is 0.243 e. The number of sulfonamides is 1. The van der Waals surface area contributed by atoms with Gasteiger partial charge in [-0.15, -0.1) is 0 Å². The largest absolute Gasteiger partial charge is 0.398 e. The van der Waals surface area contributed by atoms with Crippen LogP contribution in [0.15, 0.2) is 27.6 Å². The summed E-state index contributed by atoms with van der Waals surface area (Å²) in [4.78, 5) is 0.250. The molecule has 0 fully saturated rings. The minimum absolute atomic E-state index is 0.250. The standard InChI is InChI=1S/C14H23BrN2O2S/c1-10(2)8-17(9-11(3)4)20(18,19)12-5-6-13(15)14(16)7-12/h5-7,10-11H,8-9,16H2,1-4H3. The Morgan fingerprint density at radius 3 is 2.05 bits per heavy atom. The summed E-state index contributed by atoms with van der Waals surface area (Å²) in [6.45, 7) is 9.07. The van der Waals surface area contributed by atoms with Crippen molar-refractivity contribution in [1.29, 1.82) is 0 Å². The van der Waals surface area contributed by atoms with Gasteiger partial charge in [0, 0.05) is 23.2 Å². The smallest absolute Gasteiger partial charge is 0.243 e. The van der Waals surface area contributed by atoms with Gasteiger partial charge in [0.2, 0.25) is 10.0 Å². The van der Waals surface area contributed by atoms with E-state index in [9.17, 15) is 8.42 Å². The lowest BCUT2D eigenvalue weighted by Gasteiger charge is -2.25. The van der Waals surface area contributed by atoms with Gasteiger partial charge in [0.1, 0.15) is 0 Å². The maximum atomic E-state index is 12.7. The van der Waals surface area contributed by atoms with Crippen molar-refractivity contribution in [3.63, 3.8) is 0 Å². The van der Waals surface area contributed by atoms with E-state index < -0.39 is 10.0 Å². The SMILES string of the molecule is CC(C)CN(CC(C)C)S(=O)(=O)c1ccc(Br)c(N)c1. The molecule has 6 heteroatoms. The molecule has 0 atom stereocenters. The first kappa shape index (κ1) is 17.5. The number of hydrogen-bond acceptors (Lipinski definition) is 3. The molecule has 4 nitrogen and oxygen atoms in total. The highest BCUT2D eigenvalue weighted by atomic mass is 79.9. The summed E-state index contributed by atoms with van der Waals surface area (Å²) in [5.74, 6) is 0.549. The monoisotopic (exact) mass is 362 g/mol. The molecule has 1 aromatic rings. The van der Waals surface area contributed by atoms with Crippen molar-refractivity contribution in [3.8, 4) is 0 Å². The highest BCUT2D eigenvalue weighted by Crippen LogP contribution is 2.25. The van der Waals surface area contributed by atoms with Crippen LogP contribution in [0.3, 0.4) is 0 Å². The molecule has 0 saturated heterocycles. The van der Waals surface area contributed by atoms with Gasteiger partial charge < -0.3 is 5.73 Å². The van der Waals surface area contributed by atoms with Crippen LogP contribution in [0.25, 0.3) is 0 Å². The van der Waals surface area contributed by atoms with E-state index in [2.05, 4.69) is 15.9 Å². The Labute approximate surface area is 130 Å². The average molecular weight is 363 g/mol. The van der Waals surface area contributed by atoms with Crippen molar-refractivity contribution in [3.05, 3.63) is 22.7 Å². The molecular weight excluding hydrogens is 340 g/mol. The number of nitrogen functional groups attached to an aromatic ring is 1. The van der Waals surface area contributed by atoms with Crippen LogP contribution in [0, 0.1) is 11.8 Å². The van der Waals surface area contributed by atoms with Crippen LogP contribution in [-0.4, -0.2) is 25.8 Å². The van der Waals surface area contributed by atoms with E-state index in [1.165, 1.54) is 6.07 Å². The number of halogens is 1. The Hall–Kier alpha value is -0.590. The van der Waals surface area contributed by atoms with Gasteiger partial charge in [-0.05, 0) is 46.0 Å². The number of nitrogens with zero attached hydrogens (tertiary/aromatic N) is 1. The van der Waals surface area contributed by atoms with Crippen LogP contribution in [0.1, 0.15) is 27.7 Å². The molecule has 0 aliphatic carbocycles. The average Bonchev–Trinajstić information content (AvgIpc) is 2.30. The van der Waals surface area contributed by atoms with Crippen LogP contribution < -0.4 is 5.73 Å². The van der Waals surface area contributed by atoms with Crippen molar-refractivity contribution in [2.45, 2.75) is 32.6 Å². The van der Waals surface area contributed by atoms with Crippen LogP contribution in [-0.2, 0) is 10.0 Å². The second-order valence-corrected chi connectivity index (χ2v) is 8.59. The van der Waals surface area contributed by atoms with Crippen molar-refractivity contribution >= 4 is 31.6 Å². The van der Waals surface area contributed by atoms with E-state index in [0.29, 0.717) is 23.2 Å². The summed E-state index contributed by atoms with van der Waals surface area (Å²) >= 11 is 3.28. The number of nitrogens with two attached hydrogens (primary N) is 1. The molecule has 0 aliphatic rings. The van der Waals surface area contributed by atoms with Gasteiger partial charge >= 0.3 is 0 Å². The van der Waals surface area contributed by atoms with Gasteiger partial charge in [0.25, 0.3) is 0 Å². The number of benzene rings is 1. The molecule has 0 bridgehead atoms. The first-order valence-electron chi connectivity index (χ1n) is 6.69. The Morgan fingerprint density at radius 1 is 1.15 bits per heavy atom. The Morgan fingerprint density at radius 2 is 1.65 bits per heavy atom. The zero-order chi connectivity index (χ0) is 15.5. The van der Waals surface area contributed by atoms with Crippen molar-refractivity contribution in [2.75, 3.05) is 18.8 Å². The van der Waals surface area contributed by atoms with Crippen LogP contribution in [0.5, 0.6) is 0 Å². The van der Waals surface area contributed by atoms with Crippen LogP contribution in [0.4, 0.5) is 5.69 Å². The third-order valence-electron chi connectivity index (χ3n) is 2.74. The topological polar surface area (TPSA) is 63.4 Å². The molecule has 20 heavy (non-hydrogen) atoms. The Kier molecular flexibility index (Phi) is 6.04. The molecule has 0 saturated carbocycles. The molecule has 0 aliphatic heterocycles. The predicted octanol–water partition coefficient (Wildman–Crippen LogP) is 3.33. The fraction of sp³-hybridized carbons (Fsp3) is 0.571. The van der Waals surface area contributed by atoms with Crippen molar-refractivity contribution in [2.24, 2.45) is 11.8 Å². The number of rotatable bonds is 6. The van der Waals surface area contributed by atoms with Gasteiger partial charge in [-0.3, -0.25) is 0 Å². The molecular formula is C14H23BrN2O2S. The summed E-state index contributed by atoms with van der Waals surface area (Å²) in [6, 6.07) is 4.77. The molecule has 0 amide bonds. The highest BCUT2D eigenvalue weighted by molar-refractivity contribution is 9.10. The molecule has 114 valence electrons. The van der Waals surface area contributed by atoms with E-state index >= 15 is 0 Å². The lowest BCUT2D eigenvalue weighted by molar-refractivity contribution is 0.333. The van der Waals surface area contributed by atoms with Gasteiger partial charge in [-0.2, -0.15) is 4.31 Å². The Balaban J connectivity index is 3.17. The number of hydrogen-bond donors (Lipinski definition) is 1. The Bertz CT molecular complexity index is 546. The third kappa shape index (κ3) is 4.46. The number of anilines is 1. The minimum atomic E-state index is -3.50. The maximum absolute atomic E-state index is 12.7. The van der Waals surface area contributed by atoms with E-state index in [0.717, 1.165) is 0 Å². The molecule has 1 rings (SSSR count). The van der Waals surface area contributed by atoms with Gasteiger partial charge in [-0.25, -0.2) is 8.42 Å². The minimum Gasteiger partial charge on any atom is -0.398 e. The second kappa shape index (κ2) is 6.91. The lowest BCUT2D eigenvalue weighted by atomic mass is 10.2. The molecule has 0 aromatic heterocycles. The highest BCUT2D eigenvalue weighted by Gasteiger charge is 2.26. The lowest BCUT2D eigenvalue weighted by Crippen LogP contribution is -2.37. The quantitative estimate of drug-likeness (QED) is 0.789. The predicted molar refractivity (Wildman–Crippen MR) is 87.0 cm³/mol. The molecule has 0 radical (unpaired) electrons. The van der Waals surface area contributed by atoms with Gasteiger partial charge in [-0.1, -0.05) is 27.7 Å². The first-order valence-corrected chi connectivity index (χ1v) is 8.93. The van der Waals surface area contributed by atoms with E-state index in [-0.39, 0.29) is 16.7 Å². The summed E-state index contributed by atoms with van der Waals surface area (Å²) in [7, 11) is -3.50. The fourth-order valence-corrected chi connectivity index (χ4v) is 3.97. The van der Waals surface area contributed by atoms with Gasteiger partial charge in [0.05, 0.1) is 4.90 Å². The zero-order valence-electron chi connectivity index (χ0n) is 12.4. The summed E-state index contributed by atoms with van der Waals surface area (Å²) < 4.78 is 27.7. The fourth-order valence-electron chi connectivity index (χ4n) is 1.92. The summed E-state index contributed by atoms with van der Waals surface area (Å²) in [5.41, 5.74) is 6.22. The summed E-state index contributed by atoms with van der Waals surface area (Å²) in [5, 5.41) is 0.